The molecular weight excluding hydrogens is 228 g/mol. The van der Waals surface area contributed by atoms with Crippen molar-refractivity contribution in [3.8, 4) is 0 Å². The summed E-state index contributed by atoms with van der Waals surface area (Å²) >= 11 is 1.84. The van der Waals surface area contributed by atoms with Crippen molar-refractivity contribution in [3.05, 3.63) is 23.9 Å². The first-order valence-corrected chi connectivity index (χ1v) is 7.13. The highest BCUT2D eigenvalue weighted by atomic mass is 32.2. The molecule has 96 valence electrons. The van der Waals surface area contributed by atoms with E-state index in [-0.39, 0.29) is 4.75 Å². The predicted molar refractivity (Wildman–Crippen MR) is 76.6 cm³/mol. The SMILES string of the molecule is CCCNC(C)c1cccnc1SC(C)(C)C. The van der Waals surface area contributed by atoms with E-state index < -0.39 is 0 Å². The van der Waals surface area contributed by atoms with Gasteiger partial charge in [0.15, 0.2) is 0 Å². The Morgan fingerprint density at radius 3 is 2.71 bits per heavy atom. The number of rotatable bonds is 5. The fraction of sp³-hybridized carbons (Fsp3) is 0.643. The van der Waals surface area contributed by atoms with Gasteiger partial charge >= 0.3 is 0 Å². The van der Waals surface area contributed by atoms with Crippen molar-refractivity contribution in [1.29, 1.82) is 0 Å². The molecule has 0 aliphatic rings. The fourth-order valence-corrected chi connectivity index (χ4v) is 2.64. The van der Waals surface area contributed by atoms with Crippen LogP contribution in [0.3, 0.4) is 0 Å². The summed E-state index contributed by atoms with van der Waals surface area (Å²) in [4.78, 5) is 4.52. The fourth-order valence-electron chi connectivity index (χ4n) is 1.58. The predicted octanol–water partition coefficient (Wildman–Crippen LogP) is 4.03. The first-order valence-electron chi connectivity index (χ1n) is 6.31. The van der Waals surface area contributed by atoms with E-state index in [1.807, 2.05) is 24.0 Å². The third kappa shape index (κ3) is 5.09. The summed E-state index contributed by atoms with van der Waals surface area (Å²) in [5.41, 5.74) is 1.31. The Labute approximate surface area is 110 Å². The number of pyridine rings is 1. The van der Waals surface area contributed by atoms with Gasteiger partial charge in [0, 0.05) is 22.5 Å². The Hall–Kier alpha value is -0.540. The standard InChI is InChI=1S/C14H24N2S/c1-6-9-15-11(2)12-8-7-10-16-13(12)17-14(3,4)5/h7-8,10-11,15H,6,9H2,1-5H3. The lowest BCUT2D eigenvalue weighted by Gasteiger charge is -2.21. The Kier molecular flexibility index (Phi) is 5.47. The number of nitrogens with zero attached hydrogens (tertiary/aromatic N) is 1. The van der Waals surface area contributed by atoms with E-state index in [9.17, 15) is 0 Å². The van der Waals surface area contributed by atoms with E-state index in [2.05, 4.69) is 51.0 Å². The molecule has 17 heavy (non-hydrogen) atoms. The largest absolute Gasteiger partial charge is 0.310 e. The summed E-state index contributed by atoms with van der Waals surface area (Å²) < 4.78 is 0.202. The molecule has 0 radical (unpaired) electrons. The Bertz CT molecular complexity index is 344. The van der Waals surface area contributed by atoms with Crippen LogP contribution in [0.4, 0.5) is 0 Å². The van der Waals surface area contributed by atoms with Gasteiger partial charge in [-0.2, -0.15) is 0 Å². The minimum absolute atomic E-state index is 0.202. The van der Waals surface area contributed by atoms with Crippen molar-refractivity contribution in [2.75, 3.05) is 6.54 Å². The first kappa shape index (κ1) is 14.5. The molecule has 0 saturated heterocycles. The van der Waals surface area contributed by atoms with Gasteiger partial charge < -0.3 is 5.32 Å². The van der Waals surface area contributed by atoms with E-state index in [1.165, 1.54) is 5.56 Å². The topological polar surface area (TPSA) is 24.9 Å². The number of hydrogen-bond acceptors (Lipinski definition) is 3. The zero-order chi connectivity index (χ0) is 12.9. The van der Waals surface area contributed by atoms with E-state index in [4.69, 9.17) is 0 Å². The van der Waals surface area contributed by atoms with Gasteiger partial charge in [-0.05, 0) is 26.0 Å². The van der Waals surface area contributed by atoms with E-state index in [1.54, 1.807) is 0 Å². The Balaban J connectivity index is 2.83. The third-order valence-electron chi connectivity index (χ3n) is 2.37. The van der Waals surface area contributed by atoms with Crippen LogP contribution in [0.15, 0.2) is 23.4 Å². The molecule has 1 rings (SSSR count). The van der Waals surface area contributed by atoms with Crippen LogP contribution in [0.2, 0.25) is 0 Å². The molecule has 1 heterocycles. The van der Waals surface area contributed by atoms with E-state index in [0.29, 0.717) is 6.04 Å². The Morgan fingerprint density at radius 2 is 2.12 bits per heavy atom. The van der Waals surface area contributed by atoms with Crippen LogP contribution in [0, 0.1) is 0 Å². The third-order valence-corrected chi connectivity index (χ3v) is 3.52. The lowest BCUT2D eigenvalue weighted by molar-refractivity contribution is 0.559. The molecule has 0 amide bonds. The number of hydrogen-bond donors (Lipinski definition) is 1. The average molecular weight is 252 g/mol. The highest BCUT2D eigenvalue weighted by Crippen LogP contribution is 2.34. The van der Waals surface area contributed by atoms with Crippen LogP contribution in [0.1, 0.15) is 52.6 Å². The first-order chi connectivity index (χ1) is 7.94. The molecule has 1 unspecified atom stereocenters. The number of aromatic nitrogens is 1. The second-order valence-corrected chi connectivity index (χ2v) is 7.10. The molecule has 0 saturated carbocycles. The van der Waals surface area contributed by atoms with Crippen molar-refractivity contribution < 1.29 is 0 Å². The maximum absolute atomic E-state index is 4.52. The maximum atomic E-state index is 4.52. The highest BCUT2D eigenvalue weighted by Gasteiger charge is 2.18. The Morgan fingerprint density at radius 1 is 1.41 bits per heavy atom. The molecular formula is C14H24N2S. The van der Waals surface area contributed by atoms with Crippen molar-refractivity contribution in [2.24, 2.45) is 0 Å². The zero-order valence-electron chi connectivity index (χ0n) is 11.6. The van der Waals surface area contributed by atoms with Crippen LogP contribution in [0.5, 0.6) is 0 Å². The summed E-state index contributed by atoms with van der Waals surface area (Å²) in [5.74, 6) is 0. The summed E-state index contributed by atoms with van der Waals surface area (Å²) in [7, 11) is 0. The van der Waals surface area contributed by atoms with Crippen LogP contribution < -0.4 is 5.32 Å². The molecule has 0 aliphatic carbocycles. The minimum atomic E-state index is 0.202. The molecule has 0 spiro atoms. The minimum Gasteiger partial charge on any atom is -0.310 e. The van der Waals surface area contributed by atoms with Crippen molar-refractivity contribution in [3.63, 3.8) is 0 Å². The smallest absolute Gasteiger partial charge is 0.101 e. The molecule has 1 atom stereocenters. The molecule has 0 fully saturated rings. The zero-order valence-corrected chi connectivity index (χ0v) is 12.4. The van der Waals surface area contributed by atoms with Gasteiger partial charge in [0.05, 0.1) is 0 Å². The average Bonchev–Trinajstić information content (AvgIpc) is 2.24. The van der Waals surface area contributed by atoms with Gasteiger partial charge in [0.1, 0.15) is 5.03 Å². The van der Waals surface area contributed by atoms with Gasteiger partial charge in [-0.3, -0.25) is 0 Å². The molecule has 2 nitrogen and oxygen atoms in total. The van der Waals surface area contributed by atoms with E-state index in [0.717, 1.165) is 18.0 Å². The van der Waals surface area contributed by atoms with Gasteiger partial charge in [-0.15, -0.1) is 11.8 Å². The molecule has 0 bridgehead atoms. The van der Waals surface area contributed by atoms with Crippen molar-refractivity contribution in [1.82, 2.24) is 10.3 Å². The highest BCUT2D eigenvalue weighted by molar-refractivity contribution is 8.00. The van der Waals surface area contributed by atoms with Gasteiger partial charge in [0.25, 0.3) is 0 Å². The number of thioether (sulfide) groups is 1. The lowest BCUT2D eigenvalue weighted by atomic mass is 10.1. The van der Waals surface area contributed by atoms with Crippen molar-refractivity contribution >= 4 is 11.8 Å². The van der Waals surface area contributed by atoms with Crippen LogP contribution in [-0.4, -0.2) is 16.3 Å². The van der Waals surface area contributed by atoms with Gasteiger partial charge in [-0.1, -0.05) is 33.8 Å². The van der Waals surface area contributed by atoms with Crippen LogP contribution in [0.25, 0.3) is 0 Å². The monoisotopic (exact) mass is 252 g/mol. The van der Waals surface area contributed by atoms with Gasteiger partial charge in [0.2, 0.25) is 0 Å². The normalized spacial score (nSPS) is 13.7. The summed E-state index contributed by atoms with van der Waals surface area (Å²) in [5, 5.41) is 4.67. The molecule has 1 N–H and O–H groups in total. The maximum Gasteiger partial charge on any atom is 0.101 e. The molecule has 1 aromatic rings. The molecule has 1 aromatic heterocycles. The van der Waals surface area contributed by atoms with Crippen molar-refractivity contribution in [2.45, 2.75) is 56.9 Å². The number of nitrogens with one attached hydrogen (secondary N) is 1. The van der Waals surface area contributed by atoms with Crippen LogP contribution in [-0.2, 0) is 0 Å². The second kappa shape index (κ2) is 6.41. The summed E-state index contributed by atoms with van der Waals surface area (Å²) in [6.45, 7) is 12.1. The lowest BCUT2D eigenvalue weighted by Crippen LogP contribution is -2.20. The quantitative estimate of drug-likeness (QED) is 0.801. The van der Waals surface area contributed by atoms with E-state index >= 15 is 0 Å². The molecule has 0 aromatic carbocycles. The second-order valence-electron chi connectivity index (χ2n) is 5.29. The molecule has 0 aliphatic heterocycles. The molecule has 3 heteroatoms. The van der Waals surface area contributed by atoms with Gasteiger partial charge in [-0.25, -0.2) is 4.98 Å². The van der Waals surface area contributed by atoms with Crippen LogP contribution >= 0.6 is 11.8 Å². The summed E-state index contributed by atoms with van der Waals surface area (Å²) in [6.07, 6.45) is 3.04. The summed E-state index contributed by atoms with van der Waals surface area (Å²) in [6, 6.07) is 4.56.